The zero-order chi connectivity index (χ0) is 20.5. The van der Waals surface area contributed by atoms with Gasteiger partial charge in [-0.3, -0.25) is 0 Å². The van der Waals surface area contributed by atoms with Gasteiger partial charge in [0.15, 0.2) is 0 Å². The highest BCUT2D eigenvalue weighted by Gasteiger charge is 2.28. The minimum absolute atomic E-state index is 0.0680. The third kappa shape index (κ3) is 4.70. The van der Waals surface area contributed by atoms with Crippen LogP contribution in [0.25, 0.3) is 0 Å². The summed E-state index contributed by atoms with van der Waals surface area (Å²) in [5, 5.41) is 10.9. The highest BCUT2D eigenvalue weighted by molar-refractivity contribution is 5.50. The maximum Gasteiger partial charge on any atom is 0.123 e. The van der Waals surface area contributed by atoms with Gasteiger partial charge in [-0.25, -0.2) is 0 Å². The quantitative estimate of drug-likeness (QED) is 0.844. The van der Waals surface area contributed by atoms with Gasteiger partial charge >= 0.3 is 0 Å². The first-order chi connectivity index (χ1) is 13.1. The molecule has 3 rings (SSSR count). The number of rotatable bonds is 3. The van der Waals surface area contributed by atoms with Crippen LogP contribution in [0.2, 0.25) is 0 Å². The van der Waals surface area contributed by atoms with E-state index in [0.29, 0.717) is 5.75 Å². The number of phenols is 1. The molecule has 0 aliphatic carbocycles. The van der Waals surface area contributed by atoms with Crippen LogP contribution in [0.1, 0.15) is 58.2 Å². The third-order valence-electron chi connectivity index (χ3n) is 5.83. The van der Waals surface area contributed by atoms with Crippen LogP contribution in [0.3, 0.4) is 0 Å². The Morgan fingerprint density at radius 2 is 1.36 bits per heavy atom. The lowest BCUT2D eigenvalue weighted by Crippen LogP contribution is -3.13. The molecule has 3 nitrogen and oxygen atoms in total. The fraction of sp³-hybridized carbons (Fsp3) is 0.520. The molecule has 1 aliphatic rings. The number of aromatic hydroxyl groups is 1. The fourth-order valence-electron chi connectivity index (χ4n) is 4.13. The number of hydrogen-bond donors (Lipinski definition) is 2. The van der Waals surface area contributed by atoms with E-state index in [1.807, 2.05) is 0 Å². The topological polar surface area (TPSA) is 27.9 Å². The van der Waals surface area contributed by atoms with Crippen molar-refractivity contribution in [2.45, 2.75) is 58.9 Å². The van der Waals surface area contributed by atoms with Gasteiger partial charge in [-0.2, -0.15) is 0 Å². The molecule has 0 radical (unpaired) electrons. The number of piperazine rings is 1. The number of nitrogens with zero attached hydrogens (tertiary/aromatic N) is 1. The minimum Gasteiger partial charge on any atom is -0.507 e. The zero-order valence-corrected chi connectivity index (χ0v) is 18.5. The van der Waals surface area contributed by atoms with Gasteiger partial charge in [0.05, 0.1) is 26.2 Å². The predicted octanol–water partition coefficient (Wildman–Crippen LogP) is 3.89. The lowest BCUT2D eigenvalue weighted by molar-refractivity contribution is -0.914. The first kappa shape index (κ1) is 20.7. The van der Waals surface area contributed by atoms with E-state index in [0.717, 1.165) is 43.9 Å². The van der Waals surface area contributed by atoms with Crippen molar-refractivity contribution in [2.24, 2.45) is 0 Å². The second-order valence-electron chi connectivity index (χ2n) is 10.3. The number of hydrogen-bond acceptors (Lipinski definition) is 2. The molecule has 0 bridgehead atoms. The number of phenolic OH excluding ortho intramolecular Hbond substituents is 1. The second kappa shape index (κ2) is 7.79. The number of quaternary nitrogens is 1. The van der Waals surface area contributed by atoms with Crippen LogP contribution < -0.4 is 9.80 Å². The predicted molar refractivity (Wildman–Crippen MR) is 119 cm³/mol. The third-order valence-corrected chi connectivity index (χ3v) is 5.83. The second-order valence-corrected chi connectivity index (χ2v) is 10.3. The monoisotopic (exact) mass is 381 g/mol. The number of para-hydroxylation sites is 1. The molecule has 0 amide bonds. The number of nitrogens with one attached hydrogen (secondary N) is 1. The minimum atomic E-state index is -0.0680. The Morgan fingerprint density at radius 1 is 0.857 bits per heavy atom. The van der Waals surface area contributed by atoms with Gasteiger partial charge in [-0.1, -0.05) is 59.7 Å². The fourth-order valence-corrected chi connectivity index (χ4v) is 4.13. The van der Waals surface area contributed by atoms with E-state index < -0.39 is 0 Å². The largest absolute Gasteiger partial charge is 0.507 e. The summed E-state index contributed by atoms with van der Waals surface area (Å²) < 4.78 is 0. The van der Waals surface area contributed by atoms with Crippen molar-refractivity contribution in [3.05, 3.63) is 59.2 Å². The molecule has 2 N–H and O–H groups in total. The van der Waals surface area contributed by atoms with Gasteiger partial charge in [0, 0.05) is 22.4 Å². The average Bonchev–Trinajstić information content (AvgIpc) is 2.62. The zero-order valence-electron chi connectivity index (χ0n) is 18.5. The molecule has 0 saturated carbocycles. The summed E-state index contributed by atoms with van der Waals surface area (Å²) in [6.07, 6.45) is 0. The van der Waals surface area contributed by atoms with E-state index in [9.17, 15) is 5.11 Å². The lowest BCUT2D eigenvalue weighted by atomic mass is 9.78. The molecule has 1 aliphatic heterocycles. The van der Waals surface area contributed by atoms with Crippen molar-refractivity contribution in [1.82, 2.24) is 0 Å². The Bertz CT molecular complexity index is 757. The van der Waals surface area contributed by atoms with E-state index in [1.54, 1.807) is 4.90 Å². The highest BCUT2D eigenvalue weighted by Crippen LogP contribution is 2.39. The van der Waals surface area contributed by atoms with Crippen LogP contribution >= 0.6 is 0 Å². The molecular weight excluding hydrogens is 344 g/mol. The van der Waals surface area contributed by atoms with Crippen molar-refractivity contribution in [1.29, 1.82) is 0 Å². The molecule has 3 heteroatoms. The molecule has 28 heavy (non-hydrogen) atoms. The summed E-state index contributed by atoms with van der Waals surface area (Å²) in [7, 11) is 0. The van der Waals surface area contributed by atoms with Gasteiger partial charge in [-0.05, 0) is 35.1 Å². The van der Waals surface area contributed by atoms with Crippen LogP contribution in [0.15, 0.2) is 42.5 Å². The molecular formula is C25H37N2O+. The summed E-state index contributed by atoms with van der Waals surface area (Å²) in [5.74, 6) is 0.479. The molecule has 0 atom stereocenters. The van der Waals surface area contributed by atoms with Gasteiger partial charge < -0.3 is 14.9 Å². The Kier molecular flexibility index (Phi) is 5.77. The maximum absolute atomic E-state index is 10.9. The van der Waals surface area contributed by atoms with E-state index in [2.05, 4.69) is 88.9 Å². The number of benzene rings is 2. The average molecular weight is 382 g/mol. The summed E-state index contributed by atoms with van der Waals surface area (Å²) in [4.78, 5) is 4.11. The van der Waals surface area contributed by atoms with Crippen molar-refractivity contribution in [3.63, 3.8) is 0 Å². The van der Waals surface area contributed by atoms with Crippen LogP contribution in [0, 0.1) is 0 Å². The first-order valence-corrected chi connectivity index (χ1v) is 10.6. The van der Waals surface area contributed by atoms with E-state index >= 15 is 0 Å². The smallest absolute Gasteiger partial charge is 0.123 e. The van der Waals surface area contributed by atoms with Gasteiger partial charge in [0.2, 0.25) is 0 Å². The van der Waals surface area contributed by atoms with Crippen LogP contribution in [-0.4, -0.2) is 31.3 Å². The summed E-state index contributed by atoms with van der Waals surface area (Å²) in [5.41, 5.74) is 4.67. The summed E-state index contributed by atoms with van der Waals surface area (Å²) in [6, 6.07) is 15.2. The molecule has 0 unspecified atom stereocenters. The number of anilines is 1. The van der Waals surface area contributed by atoms with Crippen molar-refractivity contribution >= 4 is 5.69 Å². The molecule has 2 aromatic carbocycles. The Labute approximate surface area is 171 Å². The molecule has 1 heterocycles. The van der Waals surface area contributed by atoms with Crippen molar-refractivity contribution in [2.75, 3.05) is 31.1 Å². The molecule has 0 spiro atoms. The summed E-state index contributed by atoms with van der Waals surface area (Å²) in [6.45, 7) is 18.6. The van der Waals surface area contributed by atoms with Gasteiger partial charge in [0.1, 0.15) is 12.3 Å². The Hall–Kier alpha value is -2.00. The molecule has 1 saturated heterocycles. The highest BCUT2D eigenvalue weighted by atomic mass is 16.3. The van der Waals surface area contributed by atoms with Crippen molar-refractivity contribution < 1.29 is 10.0 Å². The SMILES string of the molecule is CC(C)(C)c1cc(C[NH+]2CCN(c3ccccc3)CC2)cc(C(C)(C)C)c1O. The maximum atomic E-state index is 10.9. The van der Waals surface area contributed by atoms with Crippen LogP contribution in [0.4, 0.5) is 5.69 Å². The Morgan fingerprint density at radius 3 is 1.82 bits per heavy atom. The normalized spacial score (nSPS) is 16.4. The molecule has 2 aromatic rings. The van der Waals surface area contributed by atoms with Crippen LogP contribution in [0.5, 0.6) is 5.75 Å². The molecule has 1 fully saturated rings. The Balaban J connectivity index is 1.77. The lowest BCUT2D eigenvalue weighted by Gasteiger charge is -2.34. The first-order valence-electron chi connectivity index (χ1n) is 10.6. The van der Waals surface area contributed by atoms with E-state index in [1.165, 1.54) is 11.3 Å². The molecule has 152 valence electrons. The van der Waals surface area contributed by atoms with E-state index in [4.69, 9.17) is 0 Å². The van der Waals surface area contributed by atoms with Crippen LogP contribution in [-0.2, 0) is 17.4 Å². The molecule has 0 aromatic heterocycles. The van der Waals surface area contributed by atoms with Crippen molar-refractivity contribution in [3.8, 4) is 5.75 Å². The van der Waals surface area contributed by atoms with E-state index in [-0.39, 0.29) is 10.8 Å². The van der Waals surface area contributed by atoms with Gasteiger partial charge in [-0.15, -0.1) is 0 Å². The summed E-state index contributed by atoms with van der Waals surface area (Å²) >= 11 is 0. The standard InChI is InChI=1S/C25H36N2O/c1-24(2,3)21-16-19(17-22(23(21)28)25(4,5)6)18-26-12-14-27(15-13-26)20-10-8-7-9-11-20/h7-11,16-17,28H,12-15,18H2,1-6H3/p+1. The van der Waals surface area contributed by atoms with Gasteiger partial charge in [0.25, 0.3) is 0 Å².